The zero-order chi connectivity index (χ0) is 22.5. The van der Waals surface area contributed by atoms with Gasteiger partial charge in [-0.1, -0.05) is 31.5 Å². The monoisotopic (exact) mass is 436 g/mol. The number of rotatable bonds is 7. The van der Waals surface area contributed by atoms with Gasteiger partial charge in [0.25, 0.3) is 11.8 Å². The molecule has 4 rings (SSSR count). The Hall–Kier alpha value is -3.48. The van der Waals surface area contributed by atoms with Crippen molar-refractivity contribution in [3.8, 4) is 11.5 Å². The summed E-state index contributed by atoms with van der Waals surface area (Å²) in [7, 11) is 1.57. The topological polar surface area (TPSA) is 72.2 Å². The number of hydrogen-bond donors (Lipinski definition) is 0. The van der Waals surface area contributed by atoms with Crippen LogP contribution in [0, 0.1) is 0 Å². The number of unbranched alkanes of at least 4 members (excludes halogenated alkanes) is 1. The molecule has 0 saturated carbocycles. The van der Waals surface area contributed by atoms with E-state index < -0.39 is 0 Å². The molecule has 32 heavy (non-hydrogen) atoms. The van der Waals surface area contributed by atoms with Crippen LogP contribution < -0.4 is 9.47 Å². The van der Waals surface area contributed by atoms with Crippen LogP contribution in [0.15, 0.2) is 52.9 Å². The summed E-state index contributed by atoms with van der Waals surface area (Å²) >= 11 is 0. The summed E-state index contributed by atoms with van der Waals surface area (Å²) < 4.78 is 16.9. The molecule has 2 aromatic carbocycles. The summed E-state index contributed by atoms with van der Waals surface area (Å²) in [6.07, 6.45) is 2.00. The van der Waals surface area contributed by atoms with Crippen LogP contribution in [-0.2, 0) is 0 Å². The first-order chi connectivity index (χ1) is 15.6. The van der Waals surface area contributed by atoms with Crippen molar-refractivity contribution >= 4 is 22.8 Å². The number of fused-ring (bicyclic) bond motifs is 1. The van der Waals surface area contributed by atoms with E-state index in [1.165, 1.54) is 0 Å². The zero-order valence-corrected chi connectivity index (χ0v) is 18.5. The molecule has 0 atom stereocenters. The quantitative estimate of drug-likeness (QED) is 0.519. The molecule has 7 nitrogen and oxygen atoms in total. The third-order valence-corrected chi connectivity index (χ3v) is 5.66. The summed E-state index contributed by atoms with van der Waals surface area (Å²) in [4.78, 5) is 29.3. The summed E-state index contributed by atoms with van der Waals surface area (Å²) in [5.41, 5.74) is 1.24. The van der Waals surface area contributed by atoms with Crippen LogP contribution in [0.4, 0.5) is 0 Å². The first-order valence-electron chi connectivity index (χ1n) is 11.0. The maximum Gasteiger partial charge on any atom is 0.289 e. The summed E-state index contributed by atoms with van der Waals surface area (Å²) in [6, 6.07) is 14.6. The first kappa shape index (κ1) is 21.7. The molecule has 0 aliphatic carbocycles. The van der Waals surface area contributed by atoms with Gasteiger partial charge in [0.1, 0.15) is 5.58 Å². The molecule has 1 fully saturated rings. The number of nitrogens with zero attached hydrogens (tertiary/aromatic N) is 2. The number of amides is 2. The van der Waals surface area contributed by atoms with Crippen LogP contribution >= 0.6 is 0 Å². The van der Waals surface area contributed by atoms with E-state index in [2.05, 4.69) is 6.92 Å². The molecule has 0 radical (unpaired) electrons. The average molecular weight is 437 g/mol. The second-order valence-electron chi connectivity index (χ2n) is 7.80. The second kappa shape index (κ2) is 9.77. The summed E-state index contributed by atoms with van der Waals surface area (Å²) in [5.74, 6) is 1.28. The molecule has 1 aromatic heterocycles. The van der Waals surface area contributed by atoms with Crippen molar-refractivity contribution in [1.29, 1.82) is 0 Å². The van der Waals surface area contributed by atoms with E-state index in [-0.39, 0.29) is 11.8 Å². The summed E-state index contributed by atoms with van der Waals surface area (Å²) in [5, 5.41) is 0.903. The fourth-order valence-electron chi connectivity index (χ4n) is 3.78. The lowest BCUT2D eigenvalue weighted by Gasteiger charge is -2.34. The molecule has 1 aliphatic rings. The van der Waals surface area contributed by atoms with E-state index in [0.717, 1.165) is 18.2 Å². The van der Waals surface area contributed by atoms with Gasteiger partial charge in [-0.2, -0.15) is 0 Å². The van der Waals surface area contributed by atoms with Crippen LogP contribution in [0.25, 0.3) is 11.0 Å². The normalized spacial score (nSPS) is 13.9. The van der Waals surface area contributed by atoms with Crippen molar-refractivity contribution < 1.29 is 23.5 Å². The van der Waals surface area contributed by atoms with Gasteiger partial charge < -0.3 is 23.7 Å². The van der Waals surface area contributed by atoms with Crippen molar-refractivity contribution in [1.82, 2.24) is 9.80 Å². The molecule has 3 aromatic rings. The highest BCUT2D eigenvalue weighted by molar-refractivity contribution is 5.97. The Morgan fingerprint density at radius 2 is 1.66 bits per heavy atom. The van der Waals surface area contributed by atoms with Crippen LogP contribution in [0.3, 0.4) is 0 Å². The molecule has 0 spiro atoms. The molecule has 0 N–H and O–H groups in total. The van der Waals surface area contributed by atoms with Crippen molar-refractivity contribution in [2.75, 3.05) is 39.9 Å². The number of methoxy groups -OCH3 is 1. The van der Waals surface area contributed by atoms with E-state index in [4.69, 9.17) is 13.9 Å². The fourth-order valence-corrected chi connectivity index (χ4v) is 3.78. The number of furan rings is 1. The lowest BCUT2D eigenvalue weighted by molar-refractivity contribution is 0.0519. The highest BCUT2D eigenvalue weighted by Gasteiger charge is 2.27. The Labute approximate surface area is 187 Å². The predicted molar refractivity (Wildman–Crippen MR) is 121 cm³/mol. The number of carbonyl (C=O) groups is 2. The minimum Gasteiger partial charge on any atom is -0.493 e. The maximum absolute atomic E-state index is 13.0. The largest absolute Gasteiger partial charge is 0.493 e. The smallest absolute Gasteiger partial charge is 0.289 e. The zero-order valence-electron chi connectivity index (χ0n) is 18.5. The Kier molecular flexibility index (Phi) is 6.63. The van der Waals surface area contributed by atoms with Gasteiger partial charge >= 0.3 is 0 Å². The molecule has 7 heteroatoms. The van der Waals surface area contributed by atoms with Crippen LogP contribution in [0.1, 0.15) is 40.7 Å². The van der Waals surface area contributed by atoms with Crippen LogP contribution in [-0.4, -0.2) is 61.5 Å². The molecular weight excluding hydrogens is 408 g/mol. The van der Waals surface area contributed by atoms with Crippen LogP contribution in [0.5, 0.6) is 11.5 Å². The summed E-state index contributed by atoms with van der Waals surface area (Å²) in [6.45, 7) is 4.55. The van der Waals surface area contributed by atoms with Gasteiger partial charge in [0.05, 0.1) is 13.7 Å². The molecule has 2 amide bonds. The van der Waals surface area contributed by atoms with E-state index in [1.807, 2.05) is 24.3 Å². The minimum atomic E-state index is -0.149. The molecule has 2 heterocycles. The van der Waals surface area contributed by atoms with Gasteiger partial charge in [-0.25, -0.2) is 0 Å². The van der Waals surface area contributed by atoms with E-state index in [0.29, 0.717) is 61.2 Å². The van der Waals surface area contributed by atoms with Gasteiger partial charge in [0.2, 0.25) is 0 Å². The van der Waals surface area contributed by atoms with Gasteiger partial charge in [0, 0.05) is 37.1 Å². The van der Waals surface area contributed by atoms with E-state index in [1.54, 1.807) is 41.2 Å². The minimum absolute atomic E-state index is 0.0840. The number of carbonyl (C=O) groups excluding carboxylic acids is 2. The number of ether oxygens (including phenoxy) is 2. The lowest BCUT2D eigenvalue weighted by Crippen LogP contribution is -2.50. The van der Waals surface area contributed by atoms with Gasteiger partial charge in [0.15, 0.2) is 17.3 Å². The Morgan fingerprint density at radius 3 is 2.34 bits per heavy atom. The molecule has 0 bridgehead atoms. The molecular formula is C25H28N2O5. The fraction of sp³-hybridized carbons (Fsp3) is 0.360. The van der Waals surface area contributed by atoms with Gasteiger partial charge in [-0.3, -0.25) is 9.59 Å². The highest BCUT2D eigenvalue weighted by Crippen LogP contribution is 2.29. The number of para-hydroxylation sites is 1. The second-order valence-corrected chi connectivity index (χ2v) is 7.80. The third kappa shape index (κ3) is 4.56. The lowest BCUT2D eigenvalue weighted by atomic mass is 10.1. The van der Waals surface area contributed by atoms with Crippen molar-refractivity contribution in [3.05, 3.63) is 59.9 Å². The number of piperazine rings is 1. The standard InChI is InChI=1S/C25H28N2O5/c1-3-4-15-31-21-10-9-19(17-22(21)30-2)24(28)26-11-13-27(14-12-26)25(29)23-16-18-7-5-6-8-20(18)32-23/h5-10,16-17H,3-4,11-15H2,1-2H3. The number of benzene rings is 2. The van der Waals surface area contributed by atoms with E-state index >= 15 is 0 Å². The molecule has 1 saturated heterocycles. The maximum atomic E-state index is 13.0. The molecule has 0 unspecified atom stereocenters. The third-order valence-electron chi connectivity index (χ3n) is 5.66. The van der Waals surface area contributed by atoms with Crippen molar-refractivity contribution in [3.63, 3.8) is 0 Å². The van der Waals surface area contributed by atoms with E-state index in [9.17, 15) is 9.59 Å². The molecule has 168 valence electrons. The van der Waals surface area contributed by atoms with Gasteiger partial charge in [-0.05, 0) is 36.8 Å². The SMILES string of the molecule is CCCCOc1ccc(C(=O)N2CCN(C(=O)c3cc4ccccc4o3)CC2)cc1OC. The van der Waals surface area contributed by atoms with Gasteiger partial charge in [-0.15, -0.1) is 0 Å². The highest BCUT2D eigenvalue weighted by atomic mass is 16.5. The van der Waals surface area contributed by atoms with Crippen LogP contribution in [0.2, 0.25) is 0 Å². The predicted octanol–water partition coefficient (Wildman–Crippen LogP) is 4.22. The first-order valence-corrected chi connectivity index (χ1v) is 11.0. The average Bonchev–Trinajstić information content (AvgIpc) is 3.28. The Balaban J connectivity index is 1.38. The number of hydrogen-bond acceptors (Lipinski definition) is 5. The van der Waals surface area contributed by atoms with Crippen molar-refractivity contribution in [2.24, 2.45) is 0 Å². The Morgan fingerprint density at radius 1 is 0.938 bits per heavy atom. The Bertz CT molecular complexity index is 1070. The molecule has 1 aliphatic heterocycles. The van der Waals surface area contributed by atoms with Crippen molar-refractivity contribution in [2.45, 2.75) is 19.8 Å².